The van der Waals surface area contributed by atoms with Gasteiger partial charge in [-0.2, -0.15) is 5.10 Å². The van der Waals surface area contributed by atoms with Crippen molar-refractivity contribution in [1.82, 2.24) is 20.0 Å². The van der Waals surface area contributed by atoms with Crippen molar-refractivity contribution < 1.29 is 4.79 Å². The Balaban J connectivity index is 1.72. The summed E-state index contributed by atoms with van der Waals surface area (Å²) in [5.74, 6) is -0.307. The second-order valence-electron chi connectivity index (χ2n) is 8.64. The largest absolute Gasteiger partial charge is 0.344 e. The number of carbonyl (C=O) groups is 1. The smallest absolute Gasteiger partial charge is 0.272 e. The summed E-state index contributed by atoms with van der Waals surface area (Å²) in [4.78, 5) is 27.5. The van der Waals surface area contributed by atoms with Crippen LogP contribution in [0.5, 0.6) is 0 Å². The van der Waals surface area contributed by atoms with Crippen LogP contribution < -0.4 is 10.9 Å². The van der Waals surface area contributed by atoms with Crippen LogP contribution in [0.25, 0.3) is 0 Å². The molecule has 1 atom stereocenters. The fraction of sp³-hybridized carbons (Fsp3) is 0.500. The molecule has 29 heavy (non-hydrogen) atoms. The molecule has 3 rings (SSSR count). The molecule has 0 bridgehead atoms. The lowest BCUT2D eigenvalue weighted by molar-refractivity contribution is 0.0847. The predicted octanol–water partition coefficient (Wildman–Crippen LogP) is 3.82. The average Bonchev–Trinajstić information content (AvgIpc) is 2.67. The predicted molar refractivity (Wildman–Crippen MR) is 115 cm³/mol. The summed E-state index contributed by atoms with van der Waals surface area (Å²) in [7, 11) is 0. The second kappa shape index (κ2) is 8.67. The van der Waals surface area contributed by atoms with Crippen LogP contribution in [-0.2, 0) is 0 Å². The molecule has 1 N–H and O–H groups in total. The summed E-state index contributed by atoms with van der Waals surface area (Å²) in [6.45, 7) is 10.3. The van der Waals surface area contributed by atoms with Crippen LogP contribution >= 0.6 is 11.6 Å². The molecule has 0 radical (unpaired) electrons. The van der Waals surface area contributed by atoms with E-state index in [1.54, 1.807) is 6.07 Å². The molecule has 0 unspecified atom stereocenters. The number of nitrogens with zero attached hydrogens (tertiary/aromatic N) is 3. The minimum Gasteiger partial charge on any atom is -0.344 e. The van der Waals surface area contributed by atoms with Gasteiger partial charge in [0.25, 0.3) is 11.5 Å². The van der Waals surface area contributed by atoms with Gasteiger partial charge >= 0.3 is 0 Å². The Morgan fingerprint density at radius 2 is 1.90 bits per heavy atom. The molecule has 0 saturated carbocycles. The number of aromatic nitrogens is 2. The monoisotopic (exact) mass is 416 g/mol. The minimum absolute atomic E-state index is 0.0132. The van der Waals surface area contributed by atoms with Crippen molar-refractivity contribution in [3.63, 3.8) is 0 Å². The fourth-order valence-electron chi connectivity index (χ4n) is 3.72. The molecule has 1 aliphatic heterocycles. The summed E-state index contributed by atoms with van der Waals surface area (Å²) in [6, 6.07) is 10.1. The van der Waals surface area contributed by atoms with Gasteiger partial charge in [-0.3, -0.25) is 14.5 Å². The van der Waals surface area contributed by atoms with Crippen LogP contribution in [0.2, 0.25) is 5.02 Å². The van der Waals surface area contributed by atoms with E-state index >= 15 is 0 Å². The van der Waals surface area contributed by atoms with Crippen molar-refractivity contribution in [1.29, 1.82) is 0 Å². The SMILES string of the molecule is C[C@@H](NC(=O)c1ccc(=O)n(C2CCN(C(C)(C)C)CC2)n1)c1cccc(Cl)c1. The van der Waals surface area contributed by atoms with Gasteiger partial charge in [0.1, 0.15) is 5.69 Å². The molecular formula is C22H29ClN4O2. The molecule has 1 fully saturated rings. The van der Waals surface area contributed by atoms with Crippen LogP contribution in [-0.4, -0.2) is 39.2 Å². The molecule has 0 aliphatic carbocycles. The van der Waals surface area contributed by atoms with E-state index < -0.39 is 0 Å². The first-order chi connectivity index (χ1) is 13.6. The Hall–Kier alpha value is -2.18. The number of likely N-dealkylation sites (tertiary alicyclic amines) is 1. The maximum Gasteiger partial charge on any atom is 0.272 e. The van der Waals surface area contributed by atoms with E-state index in [4.69, 9.17) is 11.6 Å². The normalized spacial score (nSPS) is 17.1. The first-order valence-corrected chi connectivity index (χ1v) is 10.4. The third kappa shape index (κ3) is 5.25. The van der Waals surface area contributed by atoms with Crippen LogP contribution in [0, 0.1) is 0 Å². The topological polar surface area (TPSA) is 67.2 Å². The number of hydrogen-bond acceptors (Lipinski definition) is 4. The molecular weight excluding hydrogens is 388 g/mol. The molecule has 1 amide bonds. The van der Waals surface area contributed by atoms with Crippen LogP contribution in [0.4, 0.5) is 0 Å². The summed E-state index contributed by atoms with van der Waals surface area (Å²) in [6.07, 6.45) is 1.68. The Labute approximate surface area is 176 Å². The van der Waals surface area contributed by atoms with Crippen LogP contribution in [0.1, 0.15) is 68.7 Å². The molecule has 6 nitrogen and oxygen atoms in total. The highest BCUT2D eigenvalue weighted by atomic mass is 35.5. The average molecular weight is 417 g/mol. The van der Waals surface area contributed by atoms with Crippen molar-refractivity contribution in [3.05, 3.63) is 63.0 Å². The number of halogens is 1. The number of piperidine rings is 1. The zero-order chi connectivity index (χ0) is 21.2. The first-order valence-electron chi connectivity index (χ1n) is 10.1. The van der Waals surface area contributed by atoms with E-state index in [1.165, 1.54) is 16.8 Å². The minimum atomic E-state index is -0.307. The zero-order valence-corrected chi connectivity index (χ0v) is 18.2. The van der Waals surface area contributed by atoms with Gasteiger partial charge in [0, 0.05) is 29.7 Å². The Morgan fingerprint density at radius 1 is 1.21 bits per heavy atom. The van der Waals surface area contributed by atoms with Gasteiger partial charge in [-0.1, -0.05) is 23.7 Å². The number of benzene rings is 1. The van der Waals surface area contributed by atoms with Gasteiger partial charge in [-0.05, 0) is 64.3 Å². The number of hydrogen-bond donors (Lipinski definition) is 1. The zero-order valence-electron chi connectivity index (χ0n) is 17.5. The highest BCUT2D eigenvalue weighted by Crippen LogP contribution is 2.25. The molecule has 1 aliphatic rings. The molecule has 0 spiro atoms. The van der Waals surface area contributed by atoms with E-state index in [0.29, 0.717) is 5.02 Å². The van der Waals surface area contributed by atoms with E-state index in [0.717, 1.165) is 31.5 Å². The molecule has 156 valence electrons. The molecule has 1 aromatic carbocycles. The van der Waals surface area contributed by atoms with Crippen molar-refractivity contribution in [3.8, 4) is 0 Å². The lowest BCUT2D eigenvalue weighted by Crippen LogP contribution is -2.47. The van der Waals surface area contributed by atoms with Gasteiger partial charge in [0.15, 0.2) is 0 Å². The molecule has 7 heteroatoms. The summed E-state index contributed by atoms with van der Waals surface area (Å²) >= 11 is 6.04. The van der Waals surface area contributed by atoms with Crippen molar-refractivity contribution >= 4 is 17.5 Å². The molecule has 2 heterocycles. The summed E-state index contributed by atoms with van der Waals surface area (Å²) in [5.41, 5.74) is 1.10. The number of amides is 1. The van der Waals surface area contributed by atoms with Crippen molar-refractivity contribution in [2.45, 2.75) is 58.2 Å². The second-order valence-corrected chi connectivity index (χ2v) is 9.08. The third-order valence-electron chi connectivity index (χ3n) is 5.51. The quantitative estimate of drug-likeness (QED) is 0.822. The van der Waals surface area contributed by atoms with Crippen molar-refractivity contribution in [2.24, 2.45) is 0 Å². The first kappa shape index (κ1) is 21.5. The lowest BCUT2D eigenvalue weighted by atomic mass is 9.98. The Kier molecular flexibility index (Phi) is 6.44. The number of carbonyl (C=O) groups excluding carboxylic acids is 1. The van der Waals surface area contributed by atoms with Crippen LogP contribution in [0.15, 0.2) is 41.2 Å². The highest BCUT2D eigenvalue weighted by molar-refractivity contribution is 6.30. The molecule has 1 aromatic heterocycles. The van der Waals surface area contributed by atoms with Gasteiger partial charge < -0.3 is 5.32 Å². The standard InChI is InChI=1S/C22H29ClN4O2/c1-15(16-6-5-7-17(23)14-16)24-21(29)19-8-9-20(28)27(25-19)18-10-12-26(13-11-18)22(2,3)4/h5-9,14-15,18H,10-13H2,1-4H3,(H,24,29)/t15-/m1/s1. The van der Waals surface area contributed by atoms with E-state index in [-0.39, 0.29) is 34.8 Å². The van der Waals surface area contributed by atoms with E-state index in [9.17, 15) is 9.59 Å². The van der Waals surface area contributed by atoms with Gasteiger partial charge in [-0.15, -0.1) is 0 Å². The highest BCUT2D eigenvalue weighted by Gasteiger charge is 2.28. The fourth-order valence-corrected chi connectivity index (χ4v) is 3.92. The summed E-state index contributed by atoms with van der Waals surface area (Å²) < 4.78 is 1.49. The number of nitrogens with one attached hydrogen (secondary N) is 1. The maximum absolute atomic E-state index is 12.7. The van der Waals surface area contributed by atoms with Gasteiger partial charge in [0.2, 0.25) is 0 Å². The summed E-state index contributed by atoms with van der Waals surface area (Å²) in [5, 5.41) is 7.95. The molecule has 2 aromatic rings. The van der Waals surface area contributed by atoms with Crippen LogP contribution in [0.3, 0.4) is 0 Å². The van der Waals surface area contributed by atoms with Gasteiger partial charge in [-0.25, -0.2) is 4.68 Å². The number of rotatable bonds is 4. The molecule has 1 saturated heterocycles. The maximum atomic E-state index is 12.7. The van der Waals surface area contributed by atoms with E-state index in [1.807, 2.05) is 25.1 Å². The van der Waals surface area contributed by atoms with E-state index in [2.05, 4.69) is 36.1 Å². The third-order valence-corrected chi connectivity index (χ3v) is 5.75. The van der Waals surface area contributed by atoms with Crippen molar-refractivity contribution in [2.75, 3.05) is 13.1 Å². The lowest BCUT2D eigenvalue weighted by Gasteiger charge is -2.40. The van der Waals surface area contributed by atoms with Gasteiger partial charge in [0.05, 0.1) is 12.1 Å². The Bertz CT molecular complexity index is 927. The Morgan fingerprint density at radius 3 is 2.52 bits per heavy atom.